The number of ether oxygens (including phenoxy) is 4. The molecule has 0 amide bonds. The zero-order chi connectivity index (χ0) is 12.5. The molecule has 2 fully saturated rings. The molecule has 17 heavy (non-hydrogen) atoms. The summed E-state index contributed by atoms with van der Waals surface area (Å²) in [6.45, 7) is 0.216. The Hall–Kier alpha value is -1.14. The van der Waals surface area contributed by atoms with E-state index in [9.17, 15) is 9.59 Å². The van der Waals surface area contributed by atoms with Crippen LogP contribution in [-0.2, 0) is 28.5 Å². The van der Waals surface area contributed by atoms with E-state index in [0.29, 0.717) is 12.8 Å². The standard InChI is InChI=1S/C11H16O6/c1-14-9(12)11(10(13)15-2)4-3-7-8(5-11)17-6-16-7/h7-8H,3-6H2,1-2H3. The Labute approximate surface area is 99.2 Å². The van der Waals surface area contributed by atoms with Crippen LogP contribution in [0, 0.1) is 5.41 Å². The molecule has 1 heterocycles. The van der Waals surface area contributed by atoms with Crippen molar-refractivity contribution >= 4 is 11.9 Å². The average Bonchev–Trinajstić information content (AvgIpc) is 2.83. The third kappa shape index (κ3) is 1.91. The van der Waals surface area contributed by atoms with Crippen molar-refractivity contribution in [2.45, 2.75) is 31.5 Å². The number of fused-ring (bicyclic) bond motifs is 1. The lowest BCUT2D eigenvalue weighted by molar-refractivity contribution is -0.175. The van der Waals surface area contributed by atoms with E-state index in [2.05, 4.69) is 0 Å². The Bertz CT molecular complexity index is 310. The van der Waals surface area contributed by atoms with Crippen LogP contribution in [0.3, 0.4) is 0 Å². The predicted octanol–water partition coefficient (Wildman–Crippen LogP) is 0.244. The maximum Gasteiger partial charge on any atom is 0.323 e. The summed E-state index contributed by atoms with van der Waals surface area (Å²) in [5, 5.41) is 0. The molecule has 1 saturated heterocycles. The average molecular weight is 244 g/mol. The highest BCUT2D eigenvalue weighted by Crippen LogP contribution is 2.42. The molecule has 6 nitrogen and oxygen atoms in total. The van der Waals surface area contributed by atoms with Gasteiger partial charge < -0.3 is 18.9 Å². The highest BCUT2D eigenvalue weighted by molar-refractivity contribution is 6.00. The zero-order valence-corrected chi connectivity index (χ0v) is 9.93. The van der Waals surface area contributed by atoms with Crippen molar-refractivity contribution in [1.29, 1.82) is 0 Å². The van der Waals surface area contributed by atoms with Crippen LogP contribution in [0.1, 0.15) is 19.3 Å². The van der Waals surface area contributed by atoms with Crippen LogP contribution in [0.4, 0.5) is 0 Å². The second-order valence-corrected chi connectivity index (χ2v) is 4.34. The largest absolute Gasteiger partial charge is 0.468 e. The van der Waals surface area contributed by atoms with Crippen molar-refractivity contribution in [3.63, 3.8) is 0 Å². The van der Waals surface area contributed by atoms with Crippen molar-refractivity contribution in [3.05, 3.63) is 0 Å². The fourth-order valence-electron chi connectivity index (χ4n) is 2.57. The summed E-state index contributed by atoms with van der Waals surface area (Å²) in [4.78, 5) is 23.7. The molecule has 2 unspecified atom stereocenters. The summed E-state index contributed by atoms with van der Waals surface area (Å²) in [6, 6.07) is 0. The van der Waals surface area contributed by atoms with Gasteiger partial charge in [-0.3, -0.25) is 9.59 Å². The zero-order valence-electron chi connectivity index (χ0n) is 9.93. The van der Waals surface area contributed by atoms with Gasteiger partial charge in [-0.05, 0) is 12.8 Å². The molecular weight excluding hydrogens is 228 g/mol. The van der Waals surface area contributed by atoms with Crippen molar-refractivity contribution in [2.75, 3.05) is 21.0 Å². The lowest BCUT2D eigenvalue weighted by Gasteiger charge is -2.36. The summed E-state index contributed by atoms with van der Waals surface area (Å²) >= 11 is 0. The minimum Gasteiger partial charge on any atom is -0.468 e. The van der Waals surface area contributed by atoms with Gasteiger partial charge in [0.2, 0.25) is 0 Å². The highest BCUT2D eigenvalue weighted by atomic mass is 16.7. The smallest absolute Gasteiger partial charge is 0.323 e. The summed E-state index contributed by atoms with van der Waals surface area (Å²) in [6.07, 6.45) is 0.960. The first-order chi connectivity index (χ1) is 8.14. The lowest BCUT2D eigenvalue weighted by atomic mass is 9.72. The Morgan fingerprint density at radius 1 is 1.12 bits per heavy atom. The monoisotopic (exact) mass is 244 g/mol. The molecule has 0 spiro atoms. The first-order valence-electron chi connectivity index (χ1n) is 5.54. The van der Waals surface area contributed by atoms with Crippen LogP contribution >= 0.6 is 0 Å². The van der Waals surface area contributed by atoms with E-state index >= 15 is 0 Å². The molecule has 2 atom stereocenters. The van der Waals surface area contributed by atoms with Gasteiger partial charge in [0.1, 0.15) is 6.79 Å². The number of carbonyl (C=O) groups excluding carboxylic acids is 2. The fraction of sp³-hybridized carbons (Fsp3) is 0.818. The lowest BCUT2D eigenvalue weighted by Crippen LogP contribution is -2.49. The summed E-state index contributed by atoms with van der Waals surface area (Å²) in [5.41, 5.74) is -1.24. The van der Waals surface area contributed by atoms with E-state index in [0.717, 1.165) is 0 Å². The molecule has 0 bridgehead atoms. The number of rotatable bonds is 2. The van der Waals surface area contributed by atoms with Gasteiger partial charge in [-0.2, -0.15) is 0 Å². The molecular formula is C11H16O6. The predicted molar refractivity (Wildman–Crippen MR) is 54.9 cm³/mol. The topological polar surface area (TPSA) is 71.1 Å². The SMILES string of the molecule is COC(=O)C1(C(=O)OC)CCC2OCOC2C1. The summed E-state index contributed by atoms with van der Waals surface area (Å²) in [5.74, 6) is -1.11. The van der Waals surface area contributed by atoms with Crippen molar-refractivity contribution in [2.24, 2.45) is 5.41 Å². The van der Waals surface area contributed by atoms with Crippen LogP contribution in [0.2, 0.25) is 0 Å². The van der Waals surface area contributed by atoms with E-state index in [1.807, 2.05) is 0 Å². The highest BCUT2D eigenvalue weighted by Gasteiger charge is 2.55. The molecule has 2 rings (SSSR count). The van der Waals surface area contributed by atoms with Gasteiger partial charge in [-0.15, -0.1) is 0 Å². The van der Waals surface area contributed by atoms with Crippen LogP contribution in [0.15, 0.2) is 0 Å². The van der Waals surface area contributed by atoms with Gasteiger partial charge in [0, 0.05) is 6.42 Å². The number of hydrogen-bond acceptors (Lipinski definition) is 6. The Morgan fingerprint density at radius 2 is 1.71 bits per heavy atom. The molecule has 0 radical (unpaired) electrons. The first-order valence-corrected chi connectivity index (χ1v) is 5.54. The summed E-state index contributed by atoms with van der Waals surface area (Å²) < 4.78 is 20.2. The number of methoxy groups -OCH3 is 2. The van der Waals surface area contributed by atoms with Gasteiger partial charge in [0.05, 0.1) is 26.4 Å². The van der Waals surface area contributed by atoms with Gasteiger partial charge in [-0.25, -0.2) is 0 Å². The quantitative estimate of drug-likeness (QED) is 0.512. The fourth-order valence-corrected chi connectivity index (χ4v) is 2.57. The van der Waals surface area contributed by atoms with Gasteiger partial charge in [-0.1, -0.05) is 0 Å². The summed E-state index contributed by atoms with van der Waals surface area (Å²) in [7, 11) is 2.54. The molecule has 6 heteroatoms. The van der Waals surface area contributed by atoms with Gasteiger partial charge in [0.15, 0.2) is 5.41 Å². The van der Waals surface area contributed by atoms with Crippen molar-refractivity contribution in [3.8, 4) is 0 Å². The van der Waals surface area contributed by atoms with Gasteiger partial charge in [0.25, 0.3) is 0 Å². The maximum atomic E-state index is 11.9. The normalized spacial score (nSPS) is 30.5. The first kappa shape index (κ1) is 12.3. The molecule has 1 saturated carbocycles. The minimum atomic E-state index is -1.24. The van der Waals surface area contributed by atoms with Gasteiger partial charge >= 0.3 is 11.9 Å². The Kier molecular flexibility index (Phi) is 3.35. The van der Waals surface area contributed by atoms with E-state index < -0.39 is 17.4 Å². The number of esters is 2. The third-order valence-electron chi connectivity index (χ3n) is 3.54. The molecule has 1 aliphatic heterocycles. The minimum absolute atomic E-state index is 0.0302. The molecule has 96 valence electrons. The Morgan fingerprint density at radius 3 is 2.29 bits per heavy atom. The van der Waals surface area contributed by atoms with Crippen molar-refractivity contribution < 1.29 is 28.5 Å². The molecule has 0 N–H and O–H groups in total. The third-order valence-corrected chi connectivity index (χ3v) is 3.54. The Balaban J connectivity index is 2.22. The maximum absolute atomic E-state index is 11.9. The van der Waals surface area contributed by atoms with Crippen LogP contribution in [0.25, 0.3) is 0 Å². The van der Waals surface area contributed by atoms with E-state index in [1.54, 1.807) is 0 Å². The van der Waals surface area contributed by atoms with Crippen LogP contribution in [0.5, 0.6) is 0 Å². The van der Waals surface area contributed by atoms with E-state index in [-0.39, 0.29) is 25.4 Å². The second-order valence-electron chi connectivity index (χ2n) is 4.34. The van der Waals surface area contributed by atoms with E-state index in [4.69, 9.17) is 18.9 Å². The van der Waals surface area contributed by atoms with Crippen molar-refractivity contribution in [1.82, 2.24) is 0 Å². The molecule has 1 aliphatic carbocycles. The number of hydrogen-bond donors (Lipinski definition) is 0. The molecule has 0 aromatic rings. The van der Waals surface area contributed by atoms with E-state index in [1.165, 1.54) is 14.2 Å². The van der Waals surface area contributed by atoms with Crippen LogP contribution < -0.4 is 0 Å². The second kappa shape index (κ2) is 4.62. The molecule has 0 aromatic carbocycles. The van der Waals surface area contributed by atoms with Crippen LogP contribution in [-0.4, -0.2) is 45.2 Å². The molecule has 2 aliphatic rings. The number of carbonyl (C=O) groups is 2. The molecule has 0 aromatic heterocycles.